The van der Waals surface area contributed by atoms with Crippen LogP contribution in [-0.2, 0) is 30.9 Å². The molecule has 1 aliphatic carbocycles. The summed E-state index contributed by atoms with van der Waals surface area (Å²) >= 11 is 6.56. The number of carbonyl (C=O) groups is 2. The Kier molecular flexibility index (Phi) is 15.4. The van der Waals surface area contributed by atoms with Crippen molar-refractivity contribution in [1.29, 1.82) is 0 Å². The van der Waals surface area contributed by atoms with E-state index in [0.29, 0.717) is 18.8 Å². The lowest BCUT2D eigenvalue weighted by atomic mass is 9.64. The van der Waals surface area contributed by atoms with E-state index >= 15 is 0 Å². The van der Waals surface area contributed by atoms with Gasteiger partial charge in [0.05, 0.1) is 34.9 Å². The topological polar surface area (TPSA) is 139 Å². The molecule has 12 heteroatoms. The van der Waals surface area contributed by atoms with Gasteiger partial charge in [0.2, 0.25) is 0 Å². The molecule has 38 heavy (non-hydrogen) atoms. The van der Waals surface area contributed by atoms with Gasteiger partial charge in [0.25, 0.3) is 11.4 Å². The summed E-state index contributed by atoms with van der Waals surface area (Å²) < 4.78 is 9.86. The summed E-state index contributed by atoms with van der Waals surface area (Å²) in [6.07, 6.45) is 3.86. The highest BCUT2D eigenvalue weighted by molar-refractivity contribution is 9.09. The third-order valence-electron chi connectivity index (χ3n) is 5.57. The third-order valence-corrected chi connectivity index (χ3v) is 6.69. The van der Waals surface area contributed by atoms with Crippen LogP contribution in [0.4, 0.5) is 11.4 Å². The number of hydrogen-bond donors (Lipinski definition) is 0. The van der Waals surface area contributed by atoms with E-state index < -0.39 is 15.3 Å². The molecule has 0 bridgehead atoms. The number of hydrogen-bond acceptors (Lipinski definition) is 8. The molecule has 2 aromatic rings. The van der Waals surface area contributed by atoms with E-state index in [2.05, 4.69) is 31.9 Å². The first-order chi connectivity index (χ1) is 18.1. The van der Waals surface area contributed by atoms with Gasteiger partial charge in [0.1, 0.15) is 0 Å². The quantitative estimate of drug-likeness (QED) is 0.123. The first kappa shape index (κ1) is 33.2. The largest absolute Gasteiger partial charge is 0.466 e. The van der Waals surface area contributed by atoms with Crippen LogP contribution in [-0.4, -0.2) is 45.7 Å². The van der Waals surface area contributed by atoms with Crippen molar-refractivity contribution in [1.82, 2.24) is 0 Å². The van der Waals surface area contributed by atoms with E-state index in [0.717, 1.165) is 35.5 Å². The molecule has 0 aliphatic heterocycles. The SMILES string of the molecule is BrCCCBr.CCOC(=O)C1(c2ccc([N+](=O)[O-])cc2)CCC1.CCOC(=O)Cc1ccc([N+](=O)[O-])cc1. The number of halogens is 2. The van der Waals surface area contributed by atoms with Crippen molar-refractivity contribution in [2.75, 3.05) is 23.9 Å². The Labute approximate surface area is 238 Å². The number of ether oxygens (including phenoxy) is 2. The van der Waals surface area contributed by atoms with Gasteiger partial charge in [-0.3, -0.25) is 29.8 Å². The highest BCUT2D eigenvalue weighted by Gasteiger charge is 2.47. The maximum atomic E-state index is 12.0. The zero-order chi connectivity index (χ0) is 28.6. The molecule has 0 N–H and O–H groups in total. The minimum absolute atomic E-state index is 0.0163. The Morgan fingerprint density at radius 2 is 1.32 bits per heavy atom. The Hall–Kier alpha value is -2.86. The Morgan fingerprint density at radius 3 is 1.66 bits per heavy atom. The number of carbonyl (C=O) groups excluding carboxylic acids is 2. The fourth-order valence-electron chi connectivity index (χ4n) is 3.48. The van der Waals surface area contributed by atoms with Crippen LogP contribution in [0, 0.1) is 20.2 Å². The minimum atomic E-state index is -0.578. The first-order valence-corrected chi connectivity index (χ1v) is 14.3. The van der Waals surface area contributed by atoms with Crippen LogP contribution in [0.3, 0.4) is 0 Å². The normalized spacial score (nSPS) is 12.8. The minimum Gasteiger partial charge on any atom is -0.466 e. The second-order valence-corrected chi connectivity index (χ2v) is 9.68. The number of nitrogens with zero attached hydrogens (tertiary/aromatic N) is 2. The molecule has 1 fully saturated rings. The summed E-state index contributed by atoms with van der Waals surface area (Å²) in [6.45, 7) is 4.20. The fourth-order valence-corrected chi connectivity index (χ4v) is 4.79. The lowest BCUT2D eigenvalue weighted by molar-refractivity contribution is -0.385. The molecule has 0 radical (unpaired) electrons. The van der Waals surface area contributed by atoms with Crippen LogP contribution in [0.25, 0.3) is 0 Å². The first-order valence-electron chi connectivity index (χ1n) is 12.1. The van der Waals surface area contributed by atoms with Crippen molar-refractivity contribution in [3.8, 4) is 0 Å². The second-order valence-electron chi connectivity index (χ2n) is 8.10. The highest BCUT2D eigenvalue weighted by atomic mass is 79.9. The van der Waals surface area contributed by atoms with E-state index in [-0.39, 0.29) is 29.7 Å². The van der Waals surface area contributed by atoms with Crippen LogP contribution in [0.5, 0.6) is 0 Å². The van der Waals surface area contributed by atoms with Crippen molar-refractivity contribution in [2.45, 2.75) is 51.4 Å². The summed E-state index contributed by atoms with van der Waals surface area (Å²) in [4.78, 5) is 43.1. The molecule has 0 atom stereocenters. The average molecular weight is 660 g/mol. The maximum Gasteiger partial charge on any atom is 0.316 e. The van der Waals surface area contributed by atoms with Crippen LogP contribution in [0.15, 0.2) is 48.5 Å². The van der Waals surface area contributed by atoms with Crippen LogP contribution in [0.1, 0.15) is 50.7 Å². The lowest BCUT2D eigenvalue weighted by Gasteiger charge is -2.39. The predicted octanol–water partition coefficient (Wildman–Crippen LogP) is 6.45. The number of non-ortho nitro benzene ring substituents is 2. The zero-order valence-corrected chi connectivity index (χ0v) is 24.6. The van der Waals surface area contributed by atoms with E-state index in [1.807, 2.05) is 0 Å². The van der Waals surface area contributed by atoms with Crippen LogP contribution >= 0.6 is 31.9 Å². The standard InChI is InChI=1S/C13H15NO4.C10H11NO4.C3H6Br2/c1-2-18-12(15)13(8-3-9-13)10-4-6-11(7-5-10)14(16)17;1-2-15-10(12)7-8-3-5-9(6-4-8)11(13)14;4-2-1-3-5/h4-7H,2-3,8-9H2,1H3;3-6H,2,7H2,1H3;1-3H2. The summed E-state index contributed by atoms with van der Waals surface area (Å²) in [6, 6.07) is 12.0. The zero-order valence-electron chi connectivity index (χ0n) is 21.4. The number of esters is 2. The fraction of sp³-hybridized carbons (Fsp3) is 0.462. The molecule has 0 spiro atoms. The molecule has 2 aromatic carbocycles. The molecule has 1 saturated carbocycles. The molecule has 0 saturated heterocycles. The molecule has 0 unspecified atom stereocenters. The van der Waals surface area contributed by atoms with Crippen molar-refractivity contribution in [3.05, 3.63) is 79.9 Å². The maximum absolute atomic E-state index is 12.0. The summed E-state index contributed by atoms with van der Waals surface area (Å²) in [5.41, 5.74) is 1.00. The molecule has 0 heterocycles. The molecule has 3 rings (SSSR count). The van der Waals surface area contributed by atoms with E-state index in [4.69, 9.17) is 9.47 Å². The molecule has 0 amide bonds. The number of benzene rings is 2. The molecular weight excluding hydrogens is 628 g/mol. The number of nitro groups is 2. The smallest absolute Gasteiger partial charge is 0.316 e. The Morgan fingerprint density at radius 1 is 0.842 bits per heavy atom. The van der Waals surface area contributed by atoms with Crippen molar-refractivity contribution < 1.29 is 28.9 Å². The van der Waals surface area contributed by atoms with Gasteiger partial charge in [-0.25, -0.2) is 0 Å². The molecule has 1 aliphatic rings. The monoisotopic (exact) mass is 658 g/mol. The summed E-state index contributed by atoms with van der Waals surface area (Å²) in [5.74, 6) is -0.545. The van der Waals surface area contributed by atoms with Gasteiger partial charge in [-0.05, 0) is 44.2 Å². The number of nitro benzene ring substituents is 2. The lowest BCUT2D eigenvalue weighted by Crippen LogP contribution is -2.43. The van der Waals surface area contributed by atoms with Gasteiger partial charge < -0.3 is 9.47 Å². The summed E-state index contributed by atoms with van der Waals surface area (Å²) in [7, 11) is 0. The molecule has 0 aromatic heterocycles. The van der Waals surface area contributed by atoms with E-state index in [1.54, 1.807) is 38.1 Å². The van der Waals surface area contributed by atoms with Crippen LogP contribution < -0.4 is 0 Å². The van der Waals surface area contributed by atoms with E-state index in [9.17, 15) is 29.8 Å². The van der Waals surface area contributed by atoms with Gasteiger partial charge in [0, 0.05) is 34.9 Å². The highest BCUT2D eigenvalue weighted by Crippen LogP contribution is 2.45. The van der Waals surface area contributed by atoms with Gasteiger partial charge in [-0.15, -0.1) is 0 Å². The van der Waals surface area contributed by atoms with Crippen molar-refractivity contribution in [3.63, 3.8) is 0 Å². The molecule has 208 valence electrons. The van der Waals surface area contributed by atoms with Gasteiger partial charge in [-0.2, -0.15) is 0 Å². The molecular formula is C26H32Br2N2O8. The third kappa shape index (κ3) is 10.5. The Bertz CT molecular complexity index is 1040. The molecule has 10 nitrogen and oxygen atoms in total. The average Bonchev–Trinajstić information content (AvgIpc) is 2.86. The van der Waals surface area contributed by atoms with Gasteiger partial charge in [0.15, 0.2) is 0 Å². The van der Waals surface area contributed by atoms with Crippen LogP contribution in [0.2, 0.25) is 0 Å². The predicted molar refractivity (Wildman–Crippen MR) is 151 cm³/mol. The van der Waals surface area contributed by atoms with Crippen molar-refractivity contribution in [2.24, 2.45) is 0 Å². The van der Waals surface area contributed by atoms with Gasteiger partial charge in [-0.1, -0.05) is 62.5 Å². The van der Waals surface area contributed by atoms with Gasteiger partial charge >= 0.3 is 11.9 Å². The second kappa shape index (κ2) is 17.6. The summed E-state index contributed by atoms with van der Waals surface area (Å²) in [5, 5.41) is 23.2. The number of rotatable bonds is 10. The Balaban J connectivity index is 0.000000327. The van der Waals surface area contributed by atoms with Crippen molar-refractivity contribution >= 4 is 55.2 Å². The van der Waals surface area contributed by atoms with E-state index in [1.165, 1.54) is 30.7 Å². The number of alkyl halides is 2.